The number of aryl methyl sites for hydroxylation is 2. The van der Waals surface area contributed by atoms with Crippen molar-refractivity contribution in [1.29, 1.82) is 0 Å². The van der Waals surface area contributed by atoms with E-state index in [1.807, 2.05) is 50.3 Å². The molecule has 39 heavy (non-hydrogen) atoms. The number of rotatable bonds is 11. The van der Waals surface area contributed by atoms with E-state index in [2.05, 4.69) is 68.1 Å². The lowest BCUT2D eigenvalue weighted by molar-refractivity contribution is 0.0776. The monoisotopic (exact) mass is 561 g/mol. The normalized spacial score (nSPS) is 14.4. The van der Waals surface area contributed by atoms with Crippen LogP contribution in [0.3, 0.4) is 0 Å². The van der Waals surface area contributed by atoms with E-state index in [0.29, 0.717) is 16.1 Å². The predicted octanol–water partition coefficient (Wildman–Crippen LogP) is 9.55. The molecule has 0 aromatic heterocycles. The molecule has 0 aliphatic heterocycles. The molecular weight excluding hydrogens is 518 g/mol. The summed E-state index contributed by atoms with van der Waals surface area (Å²) in [6, 6.07) is 22.4. The van der Waals surface area contributed by atoms with Gasteiger partial charge in [-0.3, -0.25) is 0 Å². The summed E-state index contributed by atoms with van der Waals surface area (Å²) < 4.78 is 0. The van der Waals surface area contributed by atoms with Crippen molar-refractivity contribution in [3.63, 3.8) is 0 Å². The smallest absolute Gasteiger partial charge is 0.0843 e. The summed E-state index contributed by atoms with van der Waals surface area (Å²) in [5, 5.41) is 11.1. The van der Waals surface area contributed by atoms with Gasteiger partial charge < -0.3 is 10.8 Å². The van der Waals surface area contributed by atoms with Gasteiger partial charge in [-0.1, -0.05) is 97.4 Å². The average molecular weight is 562 g/mol. The second-order valence-corrected chi connectivity index (χ2v) is 11.9. The van der Waals surface area contributed by atoms with Gasteiger partial charge in [0.1, 0.15) is 0 Å². The summed E-state index contributed by atoms with van der Waals surface area (Å²) in [7, 11) is 0. The topological polar surface area (TPSA) is 46.2 Å². The maximum absolute atomic E-state index is 10.4. The third-order valence-corrected chi connectivity index (χ3v) is 8.42. The zero-order valence-electron chi connectivity index (χ0n) is 23.7. The Bertz CT molecular complexity index is 1250. The Kier molecular flexibility index (Phi) is 11.8. The van der Waals surface area contributed by atoms with Crippen LogP contribution >= 0.6 is 24.2 Å². The highest BCUT2D eigenvalue weighted by atomic mass is 35.5. The van der Waals surface area contributed by atoms with Gasteiger partial charge in [0.05, 0.1) is 5.60 Å². The molecule has 0 unspecified atom stereocenters. The Morgan fingerprint density at radius 1 is 0.974 bits per heavy atom. The second-order valence-electron chi connectivity index (χ2n) is 11.1. The number of anilines is 1. The van der Waals surface area contributed by atoms with Crippen LogP contribution in [0, 0.1) is 5.41 Å². The lowest BCUT2D eigenvalue weighted by atomic mass is 9.90. The molecule has 0 saturated heterocycles. The second kappa shape index (κ2) is 14.8. The first kappa shape index (κ1) is 31.1. The molecule has 2 nitrogen and oxygen atoms in total. The highest BCUT2D eigenvalue weighted by Gasteiger charge is 2.38. The van der Waals surface area contributed by atoms with E-state index in [1.165, 1.54) is 36.0 Å². The van der Waals surface area contributed by atoms with E-state index in [4.69, 9.17) is 17.3 Å². The number of hydrogen-bond acceptors (Lipinski definition) is 3. The zero-order valence-corrected chi connectivity index (χ0v) is 25.3. The van der Waals surface area contributed by atoms with Gasteiger partial charge in [-0.25, -0.2) is 0 Å². The summed E-state index contributed by atoms with van der Waals surface area (Å²) in [6.45, 7) is 5.95. The van der Waals surface area contributed by atoms with Crippen LogP contribution < -0.4 is 5.73 Å². The molecule has 1 aliphatic rings. The van der Waals surface area contributed by atoms with Crippen molar-refractivity contribution < 1.29 is 5.11 Å². The fourth-order valence-corrected chi connectivity index (χ4v) is 5.37. The van der Waals surface area contributed by atoms with Gasteiger partial charge in [0, 0.05) is 10.7 Å². The van der Waals surface area contributed by atoms with E-state index in [0.717, 1.165) is 42.6 Å². The number of nitrogens with two attached hydrogens (primary N) is 1. The number of benzene rings is 3. The molecule has 3 aromatic carbocycles. The van der Waals surface area contributed by atoms with Crippen molar-refractivity contribution >= 4 is 42.1 Å². The molecule has 4 heteroatoms. The third kappa shape index (κ3) is 10.2. The van der Waals surface area contributed by atoms with Crippen LogP contribution in [0.1, 0.15) is 80.7 Å². The van der Waals surface area contributed by atoms with Crippen molar-refractivity contribution in [3.8, 4) is 0 Å². The van der Waals surface area contributed by atoms with Crippen molar-refractivity contribution in [1.82, 2.24) is 0 Å². The molecule has 3 N–H and O–H groups in total. The standard InChI is InChI=1S/C29H32ClNO.C6H12S/c1-29(2,32)27-17-7-6-14-24(27)16-9-13-23-12-8-11-22(20-23)10-4-3-5-15-25-18-19-26(30)21-28(25)31;1-2-6(5-7)3-4-6/h4-8,10-12,14-15,17-21,32H,3,9,13,16,31H2,1-2H3;7H,2-5H2,1H3/b10-4+,15-5-;. The van der Waals surface area contributed by atoms with Crippen LogP contribution in [-0.4, -0.2) is 10.9 Å². The van der Waals surface area contributed by atoms with Gasteiger partial charge in [-0.05, 0) is 110 Å². The molecule has 1 fully saturated rings. The van der Waals surface area contributed by atoms with Gasteiger partial charge in [0.15, 0.2) is 0 Å². The minimum atomic E-state index is -0.810. The minimum absolute atomic E-state index is 0.654. The molecule has 208 valence electrons. The van der Waals surface area contributed by atoms with Gasteiger partial charge in [0.25, 0.3) is 0 Å². The lowest BCUT2D eigenvalue weighted by Crippen LogP contribution is -2.18. The first-order valence-corrected chi connectivity index (χ1v) is 15.1. The molecule has 1 saturated carbocycles. The van der Waals surface area contributed by atoms with Crippen LogP contribution in [0.5, 0.6) is 0 Å². The van der Waals surface area contributed by atoms with E-state index >= 15 is 0 Å². The summed E-state index contributed by atoms with van der Waals surface area (Å²) >= 11 is 10.2. The quantitative estimate of drug-likeness (QED) is 0.161. The molecule has 0 atom stereocenters. The summed E-state index contributed by atoms with van der Waals surface area (Å²) in [5.74, 6) is 1.10. The zero-order chi connectivity index (χ0) is 28.3. The van der Waals surface area contributed by atoms with E-state index in [-0.39, 0.29) is 0 Å². The maximum atomic E-state index is 10.4. The molecule has 0 amide bonds. The van der Waals surface area contributed by atoms with Crippen molar-refractivity contribution in [2.45, 2.75) is 71.3 Å². The van der Waals surface area contributed by atoms with Crippen LogP contribution in [0.25, 0.3) is 12.2 Å². The average Bonchev–Trinajstić information content (AvgIpc) is 3.71. The molecule has 0 heterocycles. The van der Waals surface area contributed by atoms with Crippen LogP contribution in [0.2, 0.25) is 5.02 Å². The summed E-state index contributed by atoms with van der Waals surface area (Å²) in [6.07, 6.45) is 16.5. The van der Waals surface area contributed by atoms with Crippen molar-refractivity contribution in [2.75, 3.05) is 11.5 Å². The number of hydrogen-bond donors (Lipinski definition) is 3. The fourth-order valence-electron chi connectivity index (χ4n) is 4.65. The predicted molar refractivity (Wildman–Crippen MR) is 175 cm³/mol. The number of aliphatic hydroxyl groups is 1. The number of nitrogen functional groups attached to an aromatic ring is 1. The van der Waals surface area contributed by atoms with Gasteiger partial charge >= 0.3 is 0 Å². The molecule has 1 aliphatic carbocycles. The number of allylic oxidation sites excluding steroid dienone is 2. The Morgan fingerprint density at radius 2 is 1.72 bits per heavy atom. The maximum Gasteiger partial charge on any atom is 0.0843 e. The molecule has 0 radical (unpaired) electrons. The minimum Gasteiger partial charge on any atom is -0.398 e. The lowest BCUT2D eigenvalue weighted by Gasteiger charge is -2.21. The SMILES string of the molecule is CC(C)(O)c1ccccc1CCCc1cccc(/C=C/C/C=C\c2ccc(Cl)cc2N)c1.CCC1(CS)CC1. The van der Waals surface area contributed by atoms with Gasteiger partial charge in [0.2, 0.25) is 0 Å². The first-order chi connectivity index (χ1) is 18.7. The van der Waals surface area contributed by atoms with Crippen LogP contribution in [0.4, 0.5) is 5.69 Å². The van der Waals surface area contributed by atoms with Crippen molar-refractivity contribution in [2.24, 2.45) is 5.41 Å². The summed E-state index contributed by atoms with van der Waals surface area (Å²) in [5.41, 5.74) is 12.3. The Morgan fingerprint density at radius 3 is 2.36 bits per heavy atom. The van der Waals surface area contributed by atoms with Crippen molar-refractivity contribution in [3.05, 3.63) is 112 Å². The van der Waals surface area contributed by atoms with E-state index in [9.17, 15) is 5.11 Å². The number of thiol groups is 1. The molecule has 0 bridgehead atoms. The van der Waals surface area contributed by atoms with Crippen LogP contribution in [0.15, 0.2) is 78.9 Å². The summed E-state index contributed by atoms with van der Waals surface area (Å²) in [4.78, 5) is 0. The fraction of sp³-hybridized carbons (Fsp3) is 0.371. The molecule has 4 rings (SSSR count). The molecular formula is C35H44ClNOS. The highest BCUT2D eigenvalue weighted by Crippen LogP contribution is 2.49. The van der Waals surface area contributed by atoms with Gasteiger partial charge in [-0.15, -0.1) is 0 Å². The molecule has 0 spiro atoms. The third-order valence-electron chi connectivity index (χ3n) is 7.51. The van der Waals surface area contributed by atoms with E-state index in [1.54, 1.807) is 6.07 Å². The van der Waals surface area contributed by atoms with E-state index < -0.39 is 5.60 Å². The van der Waals surface area contributed by atoms with Gasteiger partial charge in [-0.2, -0.15) is 12.6 Å². The number of halogens is 1. The van der Waals surface area contributed by atoms with Crippen LogP contribution in [-0.2, 0) is 18.4 Å². The first-order valence-electron chi connectivity index (χ1n) is 14.0. The molecule has 3 aromatic rings. The Labute approximate surface area is 246 Å². The Hall–Kier alpha value is -2.46. The Balaban J connectivity index is 0.000000520. The largest absolute Gasteiger partial charge is 0.398 e. The highest BCUT2D eigenvalue weighted by molar-refractivity contribution is 7.80.